The SMILES string of the molecule is CCNC(=NCc1ccccc1OCC(C)C)NCc1ccco1.I. The fourth-order valence-corrected chi connectivity index (χ4v) is 2.12. The number of ether oxygens (including phenoxy) is 1. The van der Waals surface area contributed by atoms with Gasteiger partial charge in [0, 0.05) is 12.1 Å². The minimum absolute atomic E-state index is 0. The van der Waals surface area contributed by atoms with E-state index in [1.807, 2.05) is 37.3 Å². The Hall–Kier alpha value is -1.70. The summed E-state index contributed by atoms with van der Waals surface area (Å²) in [5.74, 6) is 3.03. The van der Waals surface area contributed by atoms with Crippen LogP contribution < -0.4 is 15.4 Å². The van der Waals surface area contributed by atoms with Crippen molar-refractivity contribution in [1.82, 2.24) is 10.6 Å². The molecule has 6 heteroatoms. The molecule has 1 aromatic carbocycles. The second kappa shape index (κ2) is 11.8. The number of guanidine groups is 1. The summed E-state index contributed by atoms with van der Waals surface area (Å²) < 4.78 is 11.2. The van der Waals surface area contributed by atoms with E-state index < -0.39 is 0 Å². The Morgan fingerprint density at radius 2 is 1.96 bits per heavy atom. The Kier molecular flexibility index (Phi) is 10.1. The summed E-state index contributed by atoms with van der Waals surface area (Å²) in [5.41, 5.74) is 1.08. The van der Waals surface area contributed by atoms with E-state index in [1.54, 1.807) is 6.26 Å². The van der Waals surface area contributed by atoms with Gasteiger partial charge in [0.25, 0.3) is 0 Å². The molecular formula is C19H28IN3O2. The van der Waals surface area contributed by atoms with Crippen LogP contribution in [0.25, 0.3) is 0 Å². The number of rotatable bonds is 8. The lowest BCUT2D eigenvalue weighted by molar-refractivity contribution is 0.268. The summed E-state index contributed by atoms with van der Waals surface area (Å²) >= 11 is 0. The molecule has 0 bridgehead atoms. The van der Waals surface area contributed by atoms with Gasteiger partial charge < -0.3 is 19.8 Å². The average Bonchev–Trinajstić information content (AvgIpc) is 3.09. The molecule has 25 heavy (non-hydrogen) atoms. The Morgan fingerprint density at radius 3 is 2.64 bits per heavy atom. The van der Waals surface area contributed by atoms with Gasteiger partial charge in [0.15, 0.2) is 5.96 Å². The molecule has 0 saturated heterocycles. The van der Waals surface area contributed by atoms with Crippen LogP contribution >= 0.6 is 24.0 Å². The van der Waals surface area contributed by atoms with Gasteiger partial charge in [-0.1, -0.05) is 32.0 Å². The predicted octanol–water partition coefficient (Wildman–Crippen LogP) is 4.19. The molecule has 5 nitrogen and oxygen atoms in total. The lowest BCUT2D eigenvalue weighted by atomic mass is 10.2. The largest absolute Gasteiger partial charge is 0.493 e. The summed E-state index contributed by atoms with van der Waals surface area (Å²) in [7, 11) is 0. The normalized spacial score (nSPS) is 11.1. The van der Waals surface area contributed by atoms with E-state index in [4.69, 9.17) is 9.15 Å². The molecule has 0 fully saturated rings. The van der Waals surface area contributed by atoms with Crippen LogP contribution in [0.3, 0.4) is 0 Å². The van der Waals surface area contributed by atoms with Crippen molar-refractivity contribution >= 4 is 29.9 Å². The van der Waals surface area contributed by atoms with Crippen LogP contribution in [0.4, 0.5) is 0 Å². The van der Waals surface area contributed by atoms with Gasteiger partial charge in [0.2, 0.25) is 0 Å². The van der Waals surface area contributed by atoms with Crippen LogP contribution in [0.2, 0.25) is 0 Å². The van der Waals surface area contributed by atoms with E-state index in [9.17, 15) is 0 Å². The van der Waals surface area contributed by atoms with E-state index in [1.165, 1.54) is 0 Å². The molecular weight excluding hydrogens is 429 g/mol. The first-order chi connectivity index (χ1) is 11.7. The van der Waals surface area contributed by atoms with Crippen molar-refractivity contribution in [3.05, 3.63) is 54.0 Å². The van der Waals surface area contributed by atoms with Gasteiger partial charge in [-0.15, -0.1) is 24.0 Å². The maximum Gasteiger partial charge on any atom is 0.191 e. The van der Waals surface area contributed by atoms with Gasteiger partial charge in [-0.05, 0) is 31.0 Å². The molecule has 1 heterocycles. The van der Waals surface area contributed by atoms with E-state index in [0.717, 1.165) is 29.6 Å². The fourth-order valence-electron chi connectivity index (χ4n) is 2.12. The second-order valence-electron chi connectivity index (χ2n) is 5.94. The molecule has 0 aliphatic rings. The Morgan fingerprint density at radius 1 is 1.16 bits per heavy atom. The summed E-state index contributed by atoms with van der Waals surface area (Å²) in [4.78, 5) is 4.64. The van der Waals surface area contributed by atoms with Gasteiger partial charge in [0.1, 0.15) is 11.5 Å². The lowest BCUT2D eigenvalue weighted by Crippen LogP contribution is -2.36. The van der Waals surface area contributed by atoms with Gasteiger partial charge in [-0.2, -0.15) is 0 Å². The number of furan rings is 1. The number of halogens is 1. The van der Waals surface area contributed by atoms with Crippen molar-refractivity contribution < 1.29 is 9.15 Å². The van der Waals surface area contributed by atoms with Crippen LogP contribution in [0, 0.1) is 5.92 Å². The number of nitrogens with zero attached hydrogens (tertiary/aromatic N) is 1. The van der Waals surface area contributed by atoms with Crippen molar-refractivity contribution in [2.75, 3.05) is 13.2 Å². The van der Waals surface area contributed by atoms with Crippen LogP contribution in [-0.4, -0.2) is 19.1 Å². The first-order valence-corrected chi connectivity index (χ1v) is 8.44. The lowest BCUT2D eigenvalue weighted by Gasteiger charge is -2.13. The first-order valence-electron chi connectivity index (χ1n) is 8.44. The summed E-state index contributed by atoms with van der Waals surface area (Å²) in [5, 5.41) is 6.51. The van der Waals surface area contributed by atoms with Crippen LogP contribution in [0.5, 0.6) is 5.75 Å². The van der Waals surface area contributed by atoms with Crippen molar-refractivity contribution in [3.8, 4) is 5.75 Å². The molecule has 2 aromatic rings. The molecule has 138 valence electrons. The van der Waals surface area contributed by atoms with Gasteiger partial charge in [-0.25, -0.2) is 4.99 Å². The molecule has 0 aliphatic carbocycles. The van der Waals surface area contributed by atoms with Crippen LogP contribution in [0.1, 0.15) is 32.1 Å². The highest BCUT2D eigenvalue weighted by atomic mass is 127. The molecule has 0 atom stereocenters. The van der Waals surface area contributed by atoms with E-state index >= 15 is 0 Å². The first kappa shape index (κ1) is 21.3. The molecule has 0 radical (unpaired) electrons. The zero-order valence-electron chi connectivity index (χ0n) is 15.1. The maximum atomic E-state index is 5.88. The van der Waals surface area contributed by atoms with Crippen molar-refractivity contribution in [2.45, 2.75) is 33.9 Å². The van der Waals surface area contributed by atoms with Crippen LogP contribution in [-0.2, 0) is 13.1 Å². The second-order valence-corrected chi connectivity index (χ2v) is 5.94. The molecule has 1 aromatic heterocycles. The smallest absolute Gasteiger partial charge is 0.191 e. The average molecular weight is 457 g/mol. The Balaban J connectivity index is 0.00000312. The molecule has 2 rings (SSSR count). The minimum Gasteiger partial charge on any atom is -0.493 e. The van der Waals surface area contributed by atoms with Crippen molar-refractivity contribution in [3.63, 3.8) is 0 Å². The van der Waals surface area contributed by atoms with E-state index in [-0.39, 0.29) is 24.0 Å². The topological polar surface area (TPSA) is 58.8 Å². The maximum absolute atomic E-state index is 5.88. The number of aliphatic imine (C=N–C) groups is 1. The van der Waals surface area contributed by atoms with Gasteiger partial charge in [-0.3, -0.25) is 0 Å². The zero-order valence-corrected chi connectivity index (χ0v) is 17.4. The third kappa shape index (κ3) is 7.81. The number of hydrogen-bond acceptors (Lipinski definition) is 3. The minimum atomic E-state index is 0. The number of para-hydroxylation sites is 1. The third-order valence-corrected chi connectivity index (χ3v) is 3.31. The number of nitrogens with one attached hydrogen (secondary N) is 2. The summed E-state index contributed by atoms with van der Waals surface area (Å²) in [6.07, 6.45) is 1.67. The quantitative estimate of drug-likeness (QED) is 0.355. The summed E-state index contributed by atoms with van der Waals surface area (Å²) in [6.45, 7) is 8.99. The Labute approximate surface area is 167 Å². The highest BCUT2D eigenvalue weighted by molar-refractivity contribution is 14.0. The van der Waals surface area contributed by atoms with E-state index in [2.05, 4.69) is 35.5 Å². The zero-order chi connectivity index (χ0) is 17.2. The number of benzene rings is 1. The van der Waals surface area contributed by atoms with Crippen LogP contribution in [0.15, 0.2) is 52.1 Å². The molecule has 0 aliphatic heterocycles. The van der Waals surface area contributed by atoms with Gasteiger partial charge >= 0.3 is 0 Å². The molecule has 0 amide bonds. The highest BCUT2D eigenvalue weighted by Crippen LogP contribution is 2.19. The number of hydrogen-bond donors (Lipinski definition) is 2. The van der Waals surface area contributed by atoms with Gasteiger partial charge in [0.05, 0.1) is 26.0 Å². The fraction of sp³-hybridized carbons (Fsp3) is 0.421. The monoisotopic (exact) mass is 457 g/mol. The predicted molar refractivity (Wildman–Crippen MR) is 113 cm³/mol. The molecule has 2 N–H and O–H groups in total. The molecule has 0 spiro atoms. The van der Waals surface area contributed by atoms with E-state index in [0.29, 0.717) is 25.6 Å². The Bertz CT molecular complexity index is 627. The standard InChI is InChI=1S/C19H27N3O2.HI/c1-4-20-19(22-13-17-9-7-11-23-17)21-12-16-8-5-6-10-18(16)24-14-15(2)3;/h5-11,15H,4,12-14H2,1-3H3,(H2,20,21,22);1H. The third-order valence-electron chi connectivity index (χ3n) is 3.31. The summed E-state index contributed by atoms with van der Waals surface area (Å²) in [6, 6.07) is 11.9. The highest BCUT2D eigenvalue weighted by Gasteiger charge is 2.05. The van der Waals surface area contributed by atoms with Crippen molar-refractivity contribution in [1.29, 1.82) is 0 Å². The molecule has 0 unspecified atom stereocenters. The molecule has 0 saturated carbocycles. The van der Waals surface area contributed by atoms with Crippen molar-refractivity contribution in [2.24, 2.45) is 10.9 Å².